The molecule has 0 fully saturated rings. The molecule has 0 saturated carbocycles. The maximum absolute atomic E-state index is 11.9. The molecular formula is C45H36N3O4+. The van der Waals surface area contributed by atoms with Gasteiger partial charge in [-0.3, -0.25) is 10.1 Å². The zero-order chi connectivity index (χ0) is 35.7. The van der Waals surface area contributed by atoms with E-state index in [1.54, 1.807) is 26.4 Å². The Morgan fingerprint density at radius 3 is 2.10 bits per heavy atom. The van der Waals surface area contributed by atoms with Crippen LogP contribution >= 0.6 is 0 Å². The second-order valence-electron chi connectivity index (χ2n) is 13.1. The molecule has 254 valence electrons. The molecule has 0 bridgehead atoms. The minimum atomic E-state index is -0.350. The van der Waals surface area contributed by atoms with Gasteiger partial charge in [-0.2, -0.15) is 4.58 Å². The first-order valence-electron chi connectivity index (χ1n) is 17.6. The summed E-state index contributed by atoms with van der Waals surface area (Å²) in [5.41, 5.74) is 8.57. The number of fused-ring (bicyclic) bond motifs is 10. The molecule has 0 amide bonds. The molecule has 9 rings (SSSR count). The highest BCUT2D eigenvalue weighted by molar-refractivity contribution is 6.22. The van der Waals surface area contributed by atoms with Crippen LogP contribution in [0.1, 0.15) is 25.0 Å². The summed E-state index contributed by atoms with van der Waals surface area (Å²) in [5.74, 6) is 1.50. The lowest BCUT2D eigenvalue weighted by Crippen LogP contribution is -2.26. The Bertz CT molecular complexity index is 2920. The van der Waals surface area contributed by atoms with E-state index in [0.717, 1.165) is 101 Å². The normalized spacial score (nSPS) is 12.8. The highest BCUT2D eigenvalue weighted by Gasteiger charge is 2.30. The van der Waals surface area contributed by atoms with Crippen molar-refractivity contribution in [1.29, 1.82) is 0 Å². The summed E-state index contributed by atoms with van der Waals surface area (Å²) in [6, 6.07) is 41.1. The third-order valence-electron chi connectivity index (χ3n) is 10.7. The molecule has 0 aliphatic carbocycles. The molecule has 0 N–H and O–H groups in total. The molecule has 1 aromatic heterocycles. The second-order valence-corrected chi connectivity index (χ2v) is 13.1. The molecular weight excluding hydrogens is 647 g/mol. The topological polar surface area (TPSA) is 69.5 Å². The van der Waals surface area contributed by atoms with Crippen LogP contribution in [-0.4, -0.2) is 30.3 Å². The van der Waals surface area contributed by atoms with Crippen molar-refractivity contribution in [3.05, 3.63) is 153 Å². The van der Waals surface area contributed by atoms with Crippen LogP contribution in [0.2, 0.25) is 0 Å². The minimum Gasteiger partial charge on any atom is -0.496 e. The van der Waals surface area contributed by atoms with Crippen LogP contribution in [0, 0.1) is 10.1 Å². The van der Waals surface area contributed by atoms with Gasteiger partial charge in [0.15, 0.2) is 0 Å². The van der Waals surface area contributed by atoms with E-state index in [2.05, 4.69) is 108 Å². The molecule has 0 saturated heterocycles. The number of nitrogens with zero attached hydrogens (tertiary/aromatic N) is 3. The lowest BCUT2D eigenvalue weighted by atomic mass is 9.87. The first kappa shape index (κ1) is 31.5. The third kappa shape index (κ3) is 4.42. The predicted molar refractivity (Wildman–Crippen MR) is 211 cm³/mol. The summed E-state index contributed by atoms with van der Waals surface area (Å²) in [4.78, 5) is 11.6. The summed E-state index contributed by atoms with van der Waals surface area (Å²) >= 11 is 0. The number of nitro groups is 1. The summed E-state index contributed by atoms with van der Waals surface area (Å²) in [6.07, 6.45) is 0. The number of nitro benzene ring substituents is 1. The second kappa shape index (κ2) is 12.1. The number of aryl methyl sites for hydroxylation is 1. The number of non-ortho nitro benzene ring substituents is 1. The van der Waals surface area contributed by atoms with Crippen molar-refractivity contribution in [2.45, 2.75) is 20.4 Å². The largest absolute Gasteiger partial charge is 0.496 e. The van der Waals surface area contributed by atoms with Crippen LogP contribution in [0.5, 0.6) is 11.5 Å². The van der Waals surface area contributed by atoms with Crippen molar-refractivity contribution in [3.63, 3.8) is 0 Å². The summed E-state index contributed by atoms with van der Waals surface area (Å²) in [7, 11) is 3.43. The first-order valence-corrected chi connectivity index (χ1v) is 17.6. The Morgan fingerprint density at radius 2 is 1.38 bits per heavy atom. The standard InChI is InChI=1S/C45H36N3O4/c1-5-46-37-17-9-7-13-29(37)33-25-35(42-31(44(33)46)15-11-19-39(42)51-3)41(27-21-23-28(24-22-27)48(49)50)36-26-34-30-14-8-10-18-38(30)47(6-2)45(34)32-16-12-20-40(52-4)43(32)36/h7-26H,5-6H2,1-4H3/q+1. The molecule has 7 heteroatoms. The number of benzene rings is 7. The Morgan fingerprint density at radius 1 is 0.712 bits per heavy atom. The molecule has 52 heavy (non-hydrogen) atoms. The van der Waals surface area contributed by atoms with Gasteiger partial charge in [-0.15, -0.1) is 0 Å². The molecule has 0 unspecified atom stereocenters. The SMILES string of the molecule is CCn1c2ccccc2c2cc(C(c3ccc([N+](=O)[O-])cc3)=c3cc4c(c5cccc(OC)c35)=[N+](CC)c3ccccc3-4)c3c(OC)cccc3c21. The molecule has 0 radical (unpaired) electrons. The Hall–Kier alpha value is -6.47. The lowest BCUT2D eigenvalue weighted by molar-refractivity contribution is -0.384. The molecule has 1 aliphatic rings. The Kier molecular flexibility index (Phi) is 7.33. The van der Waals surface area contributed by atoms with Gasteiger partial charge in [0.1, 0.15) is 18.0 Å². The van der Waals surface area contributed by atoms with Gasteiger partial charge in [0.25, 0.3) is 5.69 Å². The quantitative estimate of drug-likeness (QED) is 0.0956. The molecule has 7 aromatic carbocycles. The molecule has 2 heterocycles. The van der Waals surface area contributed by atoms with E-state index in [0.29, 0.717) is 0 Å². The van der Waals surface area contributed by atoms with Crippen molar-refractivity contribution < 1.29 is 14.4 Å². The highest BCUT2D eigenvalue weighted by atomic mass is 16.6. The third-order valence-corrected chi connectivity index (χ3v) is 10.7. The number of para-hydroxylation sites is 2. The van der Waals surface area contributed by atoms with Crippen molar-refractivity contribution in [1.82, 2.24) is 9.14 Å². The fraction of sp³-hybridized carbons (Fsp3) is 0.133. The van der Waals surface area contributed by atoms with E-state index < -0.39 is 0 Å². The fourth-order valence-corrected chi connectivity index (χ4v) is 8.58. The minimum absolute atomic E-state index is 0.0379. The average Bonchev–Trinajstić information content (AvgIpc) is 3.70. The van der Waals surface area contributed by atoms with Crippen molar-refractivity contribution in [2.75, 3.05) is 20.8 Å². The smallest absolute Gasteiger partial charge is 0.269 e. The number of rotatable bonds is 7. The maximum atomic E-state index is 11.9. The van der Waals surface area contributed by atoms with E-state index in [9.17, 15) is 10.1 Å². The summed E-state index contributed by atoms with van der Waals surface area (Å²) < 4.78 is 17.1. The number of hydrogen-bond acceptors (Lipinski definition) is 4. The van der Waals surface area contributed by atoms with Crippen molar-refractivity contribution in [2.24, 2.45) is 0 Å². The monoisotopic (exact) mass is 682 g/mol. The maximum Gasteiger partial charge on any atom is 0.269 e. The average molecular weight is 683 g/mol. The summed E-state index contributed by atoms with van der Waals surface area (Å²) in [5, 5.41) is 20.4. The summed E-state index contributed by atoms with van der Waals surface area (Å²) in [6.45, 7) is 5.96. The number of methoxy groups -OCH3 is 2. The zero-order valence-electron chi connectivity index (χ0n) is 29.4. The van der Waals surface area contributed by atoms with E-state index >= 15 is 0 Å². The number of aromatic nitrogens is 1. The van der Waals surface area contributed by atoms with Crippen LogP contribution < -0.4 is 24.6 Å². The fourth-order valence-electron chi connectivity index (χ4n) is 8.58. The van der Waals surface area contributed by atoms with Gasteiger partial charge >= 0.3 is 0 Å². The first-order chi connectivity index (χ1) is 25.5. The van der Waals surface area contributed by atoms with Gasteiger partial charge in [-0.1, -0.05) is 48.5 Å². The van der Waals surface area contributed by atoms with E-state index in [4.69, 9.17) is 9.47 Å². The van der Waals surface area contributed by atoms with Crippen molar-refractivity contribution >= 4 is 60.3 Å². The van der Waals surface area contributed by atoms with Gasteiger partial charge in [-0.25, -0.2) is 0 Å². The van der Waals surface area contributed by atoms with E-state index in [1.165, 1.54) is 11.2 Å². The van der Waals surface area contributed by atoms with E-state index in [-0.39, 0.29) is 10.6 Å². The molecule has 1 aliphatic heterocycles. The molecule has 8 aromatic rings. The predicted octanol–water partition coefficient (Wildman–Crippen LogP) is 9.12. The van der Waals surface area contributed by atoms with Gasteiger partial charge in [-0.05, 0) is 90.4 Å². The Balaban J connectivity index is 1.59. The highest BCUT2D eigenvalue weighted by Crippen LogP contribution is 2.43. The van der Waals surface area contributed by atoms with Gasteiger partial charge < -0.3 is 14.0 Å². The van der Waals surface area contributed by atoms with Crippen LogP contribution in [0.4, 0.5) is 11.4 Å². The number of ether oxygens (including phenoxy) is 2. The van der Waals surface area contributed by atoms with Crippen LogP contribution in [0.3, 0.4) is 0 Å². The number of hydrogen-bond donors (Lipinski definition) is 0. The van der Waals surface area contributed by atoms with E-state index in [1.807, 2.05) is 24.3 Å². The van der Waals surface area contributed by atoms with Gasteiger partial charge in [0.05, 0.1) is 41.2 Å². The van der Waals surface area contributed by atoms with Gasteiger partial charge in [0, 0.05) is 57.2 Å². The van der Waals surface area contributed by atoms with Crippen molar-refractivity contribution in [3.8, 4) is 22.6 Å². The van der Waals surface area contributed by atoms with Crippen LogP contribution in [-0.2, 0) is 6.54 Å². The van der Waals surface area contributed by atoms with Crippen LogP contribution in [0.25, 0.3) is 60.1 Å². The Labute approximate surface area is 300 Å². The lowest BCUT2D eigenvalue weighted by Gasteiger charge is -2.18. The van der Waals surface area contributed by atoms with Gasteiger partial charge in [0.2, 0.25) is 11.0 Å². The molecule has 0 atom stereocenters. The molecule has 0 spiro atoms. The molecule has 7 nitrogen and oxygen atoms in total. The zero-order valence-corrected chi connectivity index (χ0v) is 29.4. The van der Waals surface area contributed by atoms with Crippen LogP contribution in [0.15, 0.2) is 121 Å².